The number of halogens is 1. The summed E-state index contributed by atoms with van der Waals surface area (Å²) in [7, 11) is 0. The van der Waals surface area contributed by atoms with E-state index >= 15 is 0 Å². The lowest BCUT2D eigenvalue weighted by Gasteiger charge is -2.15. The van der Waals surface area contributed by atoms with E-state index in [9.17, 15) is 4.79 Å². The van der Waals surface area contributed by atoms with Crippen LogP contribution in [0.3, 0.4) is 0 Å². The molecule has 6 nitrogen and oxygen atoms in total. The van der Waals surface area contributed by atoms with Crippen molar-refractivity contribution in [2.45, 2.75) is 53.1 Å². The lowest BCUT2D eigenvalue weighted by Crippen LogP contribution is -2.21. The van der Waals surface area contributed by atoms with Crippen LogP contribution < -0.4 is 5.32 Å². The van der Waals surface area contributed by atoms with Crippen molar-refractivity contribution in [1.29, 1.82) is 0 Å². The Balaban J connectivity index is 2.05. The maximum atomic E-state index is 12.2. The zero-order valence-corrected chi connectivity index (χ0v) is 14.3. The molecule has 0 aromatic carbocycles. The van der Waals surface area contributed by atoms with Crippen LogP contribution in [0.25, 0.3) is 0 Å². The average molecular weight is 324 g/mol. The molecule has 120 valence electrons. The molecule has 2 aromatic heterocycles. The Bertz CT molecular complexity index is 674. The normalized spacial score (nSPS) is 12.7. The molecule has 1 unspecified atom stereocenters. The van der Waals surface area contributed by atoms with Gasteiger partial charge in [-0.2, -0.15) is 10.2 Å². The summed E-state index contributed by atoms with van der Waals surface area (Å²) < 4.78 is 3.58. The van der Waals surface area contributed by atoms with Crippen LogP contribution in [0.2, 0.25) is 5.02 Å². The second kappa shape index (κ2) is 6.52. The van der Waals surface area contributed by atoms with Gasteiger partial charge in [-0.1, -0.05) is 11.6 Å². The molecule has 0 fully saturated rings. The molecule has 0 bridgehead atoms. The van der Waals surface area contributed by atoms with Crippen LogP contribution in [0.15, 0.2) is 12.3 Å². The first kappa shape index (κ1) is 16.5. The van der Waals surface area contributed by atoms with Crippen molar-refractivity contribution >= 4 is 23.3 Å². The maximum absolute atomic E-state index is 12.2. The lowest BCUT2D eigenvalue weighted by atomic mass is 10.2. The Morgan fingerprint density at radius 1 is 1.32 bits per heavy atom. The van der Waals surface area contributed by atoms with E-state index in [-0.39, 0.29) is 18.0 Å². The molecule has 0 saturated heterocycles. The van der Waals surface area contributed by atoms with Crippen molar-refractivity contribution in [3.63, 3.8) is 0 Å². The second-order valence-electron chi connectivity index (χ2n) is 5.79. The number of amides is 1. The molecule has 2 aromatic rings. The molecule has 1 N–H and O–H groups in total. The monoisotopic (exact) mass is 323 g/mol. The van der Waals surface area contributed by atoms with Crippen molar-refractivity contribution in [1.82, 2.24) is 19.6 Å². The van der Waals surface area contributed by atoms with Gasteiger partial charge in [0.05, 0.1) is 28.6 Å². The third-order valence-corrected chi connectivity index (χ3v) is 4.11. The molecule has 0 radical (unpaired) electrons. The molecule has 0 saturated carbocycles. The van der Waals surface area contributed by atoms with Crippen LogP contribution in [0.1, 0.15) is 50.7 Å². The number of rotatable bonds is 5. The van der Waals surface area contributed by atoms with Crippen LogP contribution in [-0.4, -0.2) is 25.5 Å². The Kier molecular flexibility index (Phi) is 4.90. The van der Waals surface area contributed by atoms with E-state index in [1.807, 2.05) is 34.6 Å². The average Bonchev–Trinajstić information content (AvgIpc) is 2.99. The van der Waals surface area contributed by atoms with Gasteiger partial charge < -0.3 is 5.32 Å². The maximum Gasteiger partial charge on any atom is 0.227 e. The molecule has 1 amide bonds. The van der Waals surface area contributed by atoms with Gasteiger partial charge in [0.25, 0.3) is 0 Å². The highest BCUT2D eigenvalue weighted by atomic mass is 35.5. The Hall–Kier alpha value is -1.82. The minimum absolute atomic E-state index is 0.0679. The van der Waals surface area contributed by atoms with Gasteiger partial charge in [-0.05, 0) is 34.6 Å². The Labute approximate surface area is 135 Å². The van der Waals surface area contributed by atoms with E-state index in [0.717, 1.165) is 11.4 Å². The van der Waals surface area contributed by atoms with Gasteiger partial charge in [0.2, 0.25) is 5.91 Å². The largest absolute Gasteiger partial charge is 0.311 e. The molecule has 1 atom stereocenters. The molecule has 2 rings (SSSR count). The van der Waals surface area contributed by atoms with E-state index in [4.69, 9.17) is 11.6 Å². The second-order valence-corrected chi connectivity index (χ2v) is 6.16. The van der Waals surface area contributed by atoms with Crippen LogP contribution in [0.4, 0.5) is 5.82 Å². The summed E-state index contributed by atoms with van der Waals surface area (Å²) in [5, 5.41) is 12.2. The van der Waals surface area contributed by atoms with Gasteiger partial charge in [-0.25, -0.2) is 4.68 Å². The van der Waals surface area contributed by atoms with Crippen molar-refractivity contribution in [2.75, 3.05) is 5.32 Å². The SMILES string of the molecule is Cc1nn(C(C)CC(=O)Nc2ccnn2C(C)C)c(C)c1Cl. The third-order valence-electron chi connectivity index (χ3n) is 3.56. The van der Waals surface area contributed by atoms with Crippen LogP contribution in [-0.2, 0) is 4.79 Å². The highest BCUT2D eigenvalue weighted by molar-refractivity contribution is 6.31. The smallest absolute Gasteiger partial charge is 0.227 e. The third kappa shape index (κ3) is 3.32. The Morgan fingerprint density at radius 2 is 2.00 bits per heavy atom. The Morgan fingerprint density at radius 3 is 2.55 bits per heavy atom. The summed E-state index contributed by atoms with van der Waals surface area (Å²) >= 11 is 6.15. The highest BCUT2D eigenvalue weighted by Crippen LogP contribution is 2.24. The fourth-order valence-electron chi connectivity index (χ4n) is 2.45. The summed E-state index contributed by atoms with van der Waals surface area (Å²) in [6.45, 7) is 9.76. The number of hydrogen-bond donors (Lipinski definition) is 1. The predicted octanol–water partition coefficient (Wildman–Crippen LogP) is 3.52. The van der Waals surface area contributed by atoms with E-state index < -0.39 is 0 Å². The van der Waals surface area contributed by atoms with Crippen molar-refractivity contribution in [3.05, 3.63) is 28.7 Å². The minimum Gasteiger partial charge on any atom is -0.311 e. The van der Waals surface area contributed by atoms with Crippen LogP contribution >= 0.6 is 11.6 Å². The topological polar surface area (TPSA) is 64.7 Å². The van der Waals surface area contributed by atoms with Gasteiger partial charge in [-0.15, -0.1) is 0 Å². The van der Waals surface area contributed by atoms with Gasteiger partial charge in [-0.3, -0.25) is 9.48 Å². The minimum atomic E-state index is -0.0708. The van der Waals surface area contributed by atoms with E-state index in [0.29, 0.717) is 17.3 Å². The van der Waals surface area contributed by atoms with E-state index in [1.54, 1.807) is 21.6 Å². The van der Waals surface area contributed by atoms with Gasteiger partial charge >= 0.3 is 0 Å². The van der Waals surface area contributed by atoms with Crippen molar-refractivity contribution < 1.29 is 4.79 Å². The molecule has 7 heteroatoms. The van der Waals surface area contributed by atoms with Gasteiger partial charge in [0, 0.05) is 18.5 Å². The van der Waals surface area contributed by atoms with E-state index in [1.165, 1.54) is 0 Å². The van der Waals surface area contributed by atoms with E-state index in [2.05, 4.69) is 15.5 Å². The molecule has 0 spiro atoms. The molecule has 22 heavy (non-hydrogen) atoms. The highest BCUT2D eigenvalue weighted by Gasteiger charge is 2.18. The molecule has 0 aliphatic heterocycles. The molecular weight excluding hydrogens is 302 g/mol. The molecule has 0 aliphatic rings. The summed E-state index contributed by atoms with van der Waals surface area (Å²) in [5.74, 6) is 0.636. The van der Waals surface area contributed by atoms with Gasteiger partial charge in [0.15, 0.2) is 0 Å². The zero-order chi connectivity index (χ0) is 16.4. The summed E-state index contributed by atoms with van der Waals surface area (Å²) in [6, 6.07) is 1.92. The summed E-state index contributed by atoms with van der Waals surface area (Å²) in [4.78, 5) is 12.2. The number of aryl methyl sites for hydroxylation is 1. The van der Waals surface area contributed by atoms with Crippen LogP contribution in [0, 0.1) is 13.8 Å². The number of hydrogen-bond acceptors (Lipinski definition) is 3. The number of carbonyl (C=O) groups excluding carboxylic acids is 1. The number of anilines is 1. The van der Waals surface area contributed by atoms with Crippen molar-refractivity contribution in [2.24, 2.45) is 0 Å². The number of carbonyl (C=O) groups is 1. The van der Waals surface area contributed by atoms with Gasteiger partial charge in [0.1, 0.15) is 5.82 Å². The number of aromatic nitrogens is 4. The number of nitrogens with zero attached hydrogens (tertiary/aromatic N) is 4. The first-order valence-electron chi connectivity index (χ1n) is 7.35. The molecule has 2 heterocycles. The van der Waals surface area contributed by atoms with Crippen LogP contribution in [0.5, 0.6) is 0 Å². The first-order chi connectivity index (χ1) is 10.3. The first-order valence-corrected chi connectivity index (χ1v) is 7.73. The van der Waals surface area contributed by atoms with Crippen molar-refractivity contribution in [3.8, 4) is 0 Å². The zero-order valence-electron chi connectivity index (χ0n) is 13.6. The predicted molar refractivity (Wildman–Crippen MR) is 87.3 cm³/mol. The summed E-state index contributed by atoms with van der Waals surface area (Å²) in [5.41, 5.74) is 1.66. The number of nitrogens with one attached hydrogen (secondary N) is 1. The fourth-order valence-corrected chi connectivity index (χ4v) is 2.57. The molecule has 0 aliphatic carbocycles. The lowest BCUT2D eigenvalue weighted by molar-refractivity contribution is -0.116. The molecular formula is C15H22ClN5O. The standard InChI is InChI=1S/C15H22ClN5O/c1-9(2)20-13(6-7-17-20)18-14(22)8-10(3)21-12(5)15(16)11(4)19-21/h6-7,9-10H,8H2,1-5H3,(H,18,22). The fraction of sp³-hybridized carbons (Fsp3) is 0.533. The quantitative estimate of drug-likeness (QED) is 0.915. The summed E-state index contributed by atoms with van der Waals surface area (Å²) in [6.07, 6.45) is 2.00.